The molecule has 7 heteroatoms. The quantitative estimate of drug-likeness (QED) is 0.728. The summed E-state index contributed by atoms with van der Waals surface area (Å²) in [6.45, 7) is 4.33. The summed E-state index contributed by atoms with van der Waals surface area (Å²) >= 11 is 0. The van der Waals surface area contributed by atoms with Gasteiger partial charge in [0, 0.05) is 19.8 Å². The van der Waals surface area contributed by atoms with Gasteiger partial charge in [0.15, 0.2) is 5.03 Å². The lowest BCUT2D eigenvalue weighted by Gasteiger charge is -2.10. The van der Waals surface area contributed by atoms with Crippen molar-refractivity contribution in [2.75, 3.05) is 13.6 Å². The Kier molecular flexibility index (Phi) is 4.26. The number of hydrogen-bond acceptors (Lipinski definition) is 4. The maximum atomic E-state index is 12.0. The second kappa shape index (κ2) is 5.29. The minimum absolute atomic E-state index is 0.00111. The zero-order valence-electron chi connectivity index (χ0n) is 10.2. The molecule has 0 bridgehead atoms. The van der Waals surface area contributed by atoms with Crippen molar-refractivity contribution in [3.8, 4) is 6.07 Å². The van der Waals surface area contributed by atoms with Gasteiger partial charge in [-0.05, 0) is 13.3 Å². The number of rotatable bonds is 5. The highest BCUT2D eigenvalue weighted by atomic mass is 32.2. The molecule has 0 fully saturated rings. The van der Waals surface area contributed by atoms with E-state index in [-0.39, 0.29) is 11.6 Å². The summed E-state index contributed by atoms with van der Waals surface area (Å²) in [6, 6.07) is 1.80. The third-order valence-electron chi connectivity index (χ3n) is 2.39. The molecule has 1 rings (SSSR count). The van der Waals surface area contributed by atoms with E-state index in [1.165, 1.54) is 13.2 Å². The van der Waals surface area contributed by atoms with Crippen LogP contribution in [-0.4, -0.2) is 35.9 Å². The van der Waals surface area contributed by atoms with Crippen LogP contribution in [0.1, 0.15) is 19.2 Å². The first-order chi connectivity index (χ1) is 7.93. The Hall–Kier alpha value is -1.39. The first-order valence-corrected chi connectivity index (χ1v) is 6.74. The molecule has 0 aliphatic heterocycles. The van der Waals surface area contributed by atoms with E-state index >= 15 is 0 Å². The SMILES string of the molecule is CCCn1cc(S(=O)(=O)N(C)CC#N)nc1C. The van der Waals surface area contributed by atoms with Gasteiger partial charge in [-0.3, -0.25) is 0 Å². The van der Waals surface area contributed by atoms with Crippen LogP contribution in [0.2, 0.25) is 0 Å². The van der Waals surface area contributed by atoms with Crippen LogP contribution in [0.3, 0.4) is 0 Å². The Morgan fingerprint density at radius 3 is 2.76 bits per heavy atom. The molecule has 17 heavy (non-hydrogen) atoms. The highest BCUT2D eigenvalue weighted by Crippen LogP contribution is 2.13. The predicted molar refractivity (Wildman–Crippen MR) is 62.7 cm³/mol. The molecule has 0 atom stereocenters. The van der Waals surface area contributed by atoms with Crippen molar-refractivity contribution in [3.05, 3.63) is 12.0 Å². The fourth-order valence-corrected chi connectivity index (χ4v) is 2.47. The Morgan fingerprint density at radius 2 is 2.24 bits per heavy atom. The standard InChI is InChI=1S/C10H16N4O2S/c1-4-6-14-8-10(12-9(14)2)17(15,16)13(3)7-5-11/h8H,4,6-7H2,1-3H3. The lowest BCUT2D eigenvalue weighted by atomic mass is 10.5. The second-order valence-corrected chi connectivity index (χ2v) is 5.73. The number of nitrogens with zero attached hydrogens (tertiary/aromatic N) is 4. The van der Waals surface area contributed by atoms with Crippen LogP contribution in [0.15, 0.2) is 11.2 Å². The van der Waals surface area contributed by atoms with Crippen molar-refractivity contribution < 1.29 is 8.42 Å². The number of aryl methyl sites for hydroxylation is 2. The Morgan fingerprint density at radius 1 is 1.59 bits per heavy atom. The fourth-order valence-electron chi connectivity index (χ4n) is 1.42. The Balaban J connectivity index is 3.08. The second-order valence-electron chi connectivity index (χ2n) is 3.74. The van der Waals surface area contributed by atoms with E-state index in [1.54, 1.807) is 17.6 Å². The van der Waals surface area contributed by atoms with E-state index in [4.69, 9.17) is 5.26 Å². The molecule has 0 aliphatic rings. The predicted octanol–water partition coefficient (Wildman–Crippen LogP) is 0.746. The van der Waals surface area contributed by atoms with Gasteiger partial charge in [-0.15, -0.1) is 0 Å². The summed E-state index contributed by atoms with van der Waals surface area (Å²) in [5, 5.41) is 8.51. The molecule has 1 aromatic heterocycles. The molecule has 0 aliphatic carbocycles. The largest absolute Gasteiger partial charge is 0.334 e. The maximum absolute atomic E-state index is 12.0. The summed E-state index contributed by atoms with van der Waals surface area (Å²) in [4.78, 5) is 4.03. The first kappa shape index (κ1) is 13.7. The molecular weight excluding hydrogens is 240 g/mol. The molecule has 6 nitrogen and oxygen atoms in total. The highest BCUT2D eigenvalue weighted by Gasteiger charge is 2.24. The molecule has 1 heterocycles. The highest BCUT2D eigenvalue weighted by molar-refractivity contribution is 7.89. The van der Waals surface area contributed by atoms with Gasteiger partial charge in [0.05, 0.1) is 6.07 Å². The Labute approximate surface area is 102 Å². The normalized spacial score (nSPS) is 11.7. The summed E-state index contributed by atoms with van der Waals surface area (Å²) in [5.41, 5.74) is 0. The van der Waals surface area contributed by atoms with Crippen LogP contribution >= 0.6 is 0 Å². The smallest absolute Gasteiger partial charge is 0.262 e. The van der Waals surface area contributed by atoms with Crippen LogP contribution in [0.25, 0.3) is 0 Å². The van der Waals surface area contributed by atoms with Crippen LogP contribution in [0.4, 0.5) is 0 Å². The van der Waals surface area contributed by atoms with Gasteiger partial charge in [-0.2, -0.15) is 9.57 Å². The van der Waals surface area contributed by atoms with E-state index < -0.39 is 10.0 Å². The molecule has 0 N–H and O–H groups in total. The monoisotopic (exact) mass is 256 g/mol. The average molecular weight is 256 g/mol. The number of sulfonamides is 1. The van der Waals surface area contributed by atoms with Gasteiger partial charge < -0.3 is 4.57 Å². The molecule has 0 unspecified atom stereocenters. The Bertz CT molecular complexity index is 527. The van der Waals surface area contributed by atoms with Gasteiger partial charge in [0.25, 0.3) is 10.0 Å². The molecule has 94 valence electrons. The number of hydrogen-bond donors (Lipinski definition) is 0. The van der Waals surface area contributed by atoms with Crippen molar-refractivity contribution in [2.45, 2.75) is 31.8 Å². The van der Waals surface area contributed by atoms with E-state index in [0.717, 1.165) is 17.3 Å². The van der Waals surface area contributed by atoms with Crippen molar-refractivity contribution in [1.82, 2.24) is 13.9 Å². The summed E-state index contributed by atoms with van der Waals surface area (Å²) in [5.74, 6) is 0.663. The lowest BCUT2D eigenvalue weighted by Crippen LogP contribution is -2.27. The topological polar surface area (TPSA) is 79.0 Å². The van der Waals surface area contributed by atoms with Crippen molar-refractivity contribution in [2.24, 2.45) is 0 Å². The molecule has 0 radical (unpaired) electrons. The third kappa shape index (κ3) is 2.84. The van der Waals surface area contributed by atoms with E-state index in [9.17, 15) is 8.42 Å². The van der Waals surface area contributed by atoms with Crippen molar-refractivity contribution in [3.63, 3.8) is 0 Å². The molecule has 0 amide bonds. The van der Waals surface area contributed by atoms with Crippen molar-refractivity contribution >= 4 is 10.0 Å². The minimum atomic E-state index is -3.64. The summed E-state index contributed by atoms with van der Waals surface area (Å²) in [7, 11) is -2.27. The van der Waals surface area contributed by atoms with Gasteiger partial charge in [0.1, 0.15) is 12.4 Å². The third-order valence-corrected chi connectivity index (χ3v) is 4.06. The van der Waals surface area contributed by atoms with Crippen LogP contribution in [0.5, 0.6) is 0 Å². The molecule has 0 saturated heterocycles. The van der Waals surface area contributed by atoms with Crippen LogP contribution in [-0.2, 0) is 16.6 Å². The van der Waals surface area contributed by atoms with Gasteiger partial charge >= 0.3 is 0 Å². The van der Waals surface area contributed by atoms with E-state index in [2.05, 4.69) is 4.98 Å². The molecule has 0 saturated carbocycles. The number of nitriles is 1. The zero-order chi connectivity index (χ0) is 13.1. The molecule has 0 aromatic carbocycles. The first-order valence-electron chi connectivity index (χ1n) is 5.30. The van der Waals surface area contributed by atoms with Gasteiger partial charge in [-0.25, -0.2) is 13.4 Å². The van der Waals surface area contributed by atoms with E-state index in [1.807, 2.05) is 6.92 Å². The van der Waals surface area contributed by atoms with Gasteiger partial charge in [0.2, 0.25) is 0 Å². The van der Waals surface area contributed by atoms with Gasteiger partial charge in [-0.1, -0.05) is 6.92 Å². The summed E-state index contributed by atoms with van der Waals surface area (Å²) in [6.07, 6.45) is 2.42. The maximum Gasteiger partial charge on any atom is 0.262 e. The zero-order valence-corrected chi connectivity index (χ0v) is 11.0. The lowest BCUT2D eigenvalue weighted by molar-refractivity contribution is 0.498. The van der Waals surface area contributed by atoms with Crippen molar-refractivity contribution in [1.29, 1.82) is 5.26 Å². The minimum Gasteiger partial charge on any atom is -0.334 e. The molecule has 1 aromatic rings. The van der Waals surface area contributed by atoms with Crippen LogP contribution in [0, 0.1) is 18.3 Å². The van der Waals surface area contributed by atoms with E-state index in [0.29, 0.717) is 5.82 Å². The summed E-state index contributed by atoms with van der Waals surface area (Å²) < 4.78 is 26.8. The fraction of sp³-hybridized carbons (Fsp3) is 0.600. The molecule has 0 spiro atoms. The number of imidazole rings is 1. The average Bonchev–Trinajstić information content (AvgIpc) is 2.62. The molecular formula is C10H16N4O2S. The number of aromatic nitrogens is 2. The van der Waals surface area contributed by atoms with Crippen LogP contribution < -0.4 is 0 Å².